The number of piperazine rings is 1. The number of amides is 4. The van der Waals surface area contributed by atoms with Crippen molar-refractivity contribution in [1.82, 2.24) is 15.1 Å². The van der Waals surface area contributed by atoms with Gasteiger partial charge in [0.2, 0.25) is 11.8 Å². The molecule has 0 aromatic heterocycles. The summed E-state index contributed by atoms with van der Waals surface area (Å²) < 4.78 is 38.7. The van der Waals surface area contributed by atoms with E-state index in [4.69, 9.17) is 17.3 Å². The Morgan fingerprint density at radius 2 is 1.83 bits per heavy atom. The number of imide groups is 1. The average Bonchev–Trinajstić information content (AvgIpc) is 2.61. The lowest BCUT2D eigenvalue weighted by atomic mass is 10.2. The van der Waals surface area contributed by atoms with Gasteiger partial charge in [-0.05, 0) is 25.1 Å². The molecule has 0 radical (unpaired) electrons. The molecule has 1 aliphatic heterocycles. The van der Waals surface area contributed by atoms with Gasteiger partial charge in [0.15, 0.2) is 0 Å². The van der Waals surface area contributed by atoms with E-state index >= 15 is 0 Å². The summed E-state index contributed by atoms with van der Waals surface area (Å²) in [5.74, 6) is -0.972. The van der Waals surface area contributed by atoms with Crippen LogP contribution in [0, 0.1) is 0 Å². The highest BCUT2D eigenvalue weighted by Gasteiger charge is 2.33. The predicted molar refractivity (Wildman–Crippen MR) is 100 cm³/mol. The van der Waals surface area contributed by atoms with Crippen LogP contribution >= 0.6 is 11.6 Å². The molecule has 1 aromatic rings. The summed E-state index contributed by atoms with van der Waals surface area (Å²) in [5, 5.41) is 4.01. The minimum Gasteiger partial charge on any atom is -0.351 e. The first-order chi connectivity index (χ1) is 13.5. The molecule has 0 saturated carbocycles. The molecule has 1 unspecified atom stereocenters. The number of hydrogen-bond donors (Lipinski definition) is 3. The Morgan fingerprint density at radius 1 is 1.21 bits per heavy atom. The number of rotatable bonds is 5. The normalized spacial score (nSPS) is 16.9. The third-order valence-corrected chi connectivity index (χ3v) is 4.83. The standard InChI is InChI=1S/C17H21ClF3N5O3/c1-10(15(28)24-16(22)29)26-6-4-25(5-7-26)9-14(27)23-11-2-3-13(18)12(8-11)17(19,20)21/h2-3,8,10H,4-7,9H2,1H3,(H,23,27)(H3,22,24,28,29). The van der Waals surface area contributed by atoms with Gasteiger partial charge in [-0.25, -0.2) is 4.79 Å². The minimum absolute atomic E-state index is 0.00195. The molecular formula is C17H21ClF3N5O3. The number of urea groups is 1. The molecule has 12 heteroatoms. The SMILES string of the molecule is CC(C(=O)NC(N)=O)N1CCN(CC(=O)Nc2ccc(Cl)c(C(F)(F)F)c2)CC1. The van der Waals surface area contributed by atoms with Crippen molar-refractivity contribution in [3.63, 3.8) is 0 Å². The largest absolute Gasteiger partial charge is 0.417 e. The van der Waals surface area contributed by atoms with Crippen molar-refractivity contribution >= 4 is 35.1 Å². The van der Waals surface area contributed by atoms with Gasteiger partial charge in [0.25, 0.3) is 0 Å². The summed E-state index contributed by atoms with van der Waals surface area (Å²) in [4.78, 5) is 38.4. The van der Waals surface area contributed by atoms with Gasteiger partial charge in [-0.15, -0.1) is 0 Å². The van der Waals surface area contributed by atoms with Crippen molar-refractivity contribution in [1.29, 1.82) is 0 Å². The maximum absolute atomic E-state index is 12.9. The van der Waals surface area contributed by atoms with Gasteiger partial charge in [0.1, 0.15) is 0 Å². The van der Waals surface area contributed by atoms with E-state index in [1.807, 2.05) is 15.1 Å². The second-order valence-corrected chi connectivity index (χ2v) is 6.99. The number of halogens is 4. The van der Waals surface area contributed by atoms with E-state index in [1.165, 1.54) is 6.07 Å². The quantitative estimate of drug-likeness (QED) is 0.649. The minimum atomic E-state index is -4.62. The lowest BCUT2D eigenvalue weighted by molar-refractivity contribution is -0.137. The van der Waals surface area contributed by atoms with E-state index < -0.39 is 40.6 Å². The monoisotopic (exact) mass is 435 g/mol. The highest BCUT2D eigenvalue weighted by molar-refractivity contribution is 6.31. The van der Waals surface area contributed by atoms with Crippen molar-refractivity contribution in [2.24, 2.45) is 5.73 Å². The van der Waals surface area contributed by atoms with Crippen molar-refractivity contribution in [2.75, 3.05) is 38.0 Å². The first kappa shape index (κ1) is 22.9. The van der Waals surface area contributed by atoms with E-state index in [9.17, 15) is 27.6 Å². The summed E-state index contributed by atoms with van der Waals surface area (Å²) in [6.45, 7) is 3.50. The van der Waals surface area contributed by atoms with Crippen LogP contribution in [-0.4, -0.2) is 66.4 Å². The van der Waals surface area contributed by atoms with E-state index in [0.29, 0.717) is 26.2 Å². The van der Waals surface area contributed by atoms with Gasteiger partial charge in [0.05, 0.1) is 23.2 Å². The van der Waals surface area contributed by atoms with Crippen LogP contribution in [0.5, 0.6) is 0 Å². The number of hydrogen-bond acceptors (Lipinski definition) is 5. The van der Waals surface area contributed by atoms with Crippen LogP contribution in [0.4, 0.5) is 23.7 Å². The maximum Gasteiger partial charge on any atom is 0.417 e. The molecule has 0 aliphatic carbocycles. The van der Waals surface area contributed by atoms with Gasteiger partial charge >= 0.3 is 12.2 Å². The molecule has 4 amide bonds. The Morgan fingerprint density at radius 3 is 2.38 bits per heavy atom. The highest BCUT2D eigenvalue weighted by Crippen LogP contribution is 2.36. The average molecular weight is 436 g/mol. The van der Waals surface area contributed by atoms with E-state index in [0.717, 1.165) is 12.1 Å². The van der Waals surface area contributed by atoms with Crippen LogP contribution in [0.15, 0.2) is 18.2 Å². The summed E-state index contributed by atoms with van der Waals surface area (Å²) in [6, 6.07) is 1.68. The molecule has 160 valence electrons. The van der Waals surface area contributed by atoms with Gasteiger partial charge in [0, 0.05) is 31.9 Å². The van der Waals surface area contributed by atoms with Crippen LogP contribution in [-0.2, 0) is 15.8 Å². The number of nitrogens with zero attached hydrogens (tertiary/aromatic N) is 2. The first-order valence-electron chi connectivity index (χ1n) is 8.70. The zero-order chi connectivity index (χ0) is 21.8. The second-order valence-electron chi connectivity index (χ2n) is 6.58. The molecule has 1 heterocycles. The molecule has 4 N–H and O–H groups in total. The Hall–Kier alpha value is -2.37. The third-order valence-electron chi connectivity index (χ3n) is 4.50. The fraction of sp³-hybridized carbons (Fsp3) is 0.471. The van der Waals surface area contributed by atoms with Gasteiger partial charge < -0.3 is 11.1 Å². The number of carbonyl (C=O) groups excluding carboxylic acids is 3. The maximum atomic E-state index is 12.9. The van der Waals surface area contributed by atoms with Gasteiger partial charge in [-0.3, -0.25) is 24.7 Å². The number of anilines is 1. The molecule has 0 bridgehead atoms. The molecule has 1 atom stereocenters. The zero-order valence-electron chi connectivity index (χ0n) is 15.6. The fourth-order valence-corrected chi connectivity index (χ4v) is 3.15. The summed E-state index contributed by atoms with van der Waals surface area (Å²) in [5.41, 5.74) is 3.91. The van der Waals surface area contributed by atoms with Crippen LogP contribution in [0.2, 0.25) is 5.02 Å². The Balaban J connectivity index is 1.86. The van der Waals surface area contributed by atoms with Crippen LogP contribution in [0.25, 0.3) is 0 Å². The lowest BCUT2D eigenvalue weighted by Gasteiger charge is -2.36. The molecule has 0 spiro atoms. The molecule has 1 aliphatic rings. The predicted octanol–water partition coefficient (Wildman–Crippen LogP) is 1.50. The first-order valence-corrected chi connectivity index (χ1v) is 9.08. The molecule has 2 rings (SSSR count). The van der Waals surface area contributed by atoms with Crippen molar-refractivity contribution in [3.8, 4) is 0 Å². The highest BCUT2D eigenvalue weighted by atomic mass is 35.5. The fourth-order valence-electron chi connectivity index (χ4n) is 2.92. The summed E-state index contributed by atoms with van der Waals surface area (Å²) >= 11 is 5.56. The van der Waals surface area contributed by atoms with Crippen molar-refractivity contribution in [2.45, 2.75) is 19.1 Å². The van der Waals surface area contributed by atoms with Crippen LogP contribution in [0.3, 0.4) is 0 Å². The number of nitrogens with one attached hydrogen (secondary N) is 2. The van der Waals surface area contributed by atoms with Crippen LogP contribution in [0.1, 0.15) is 12.5 Å². The topological polar surface area (TPSA) is 108 Å². The Kier molecular flexibility index (Phi) is 7.44. The lowest BCUT2D eigenvalue weighted by Crippen LogP contribution is -2.55. The van der Waals surface area contributed by atoms with E-state index in [1.54, 1.807) is 6.92 Å². The number of nitrogens with two attached hydrogens (primary N) is 1. The van der Waals surface area contributed by atoms with E-state index in [2.05, 4.69) is 5.32 Å². The summed E-state index contributed by atoms with van der Waals surface area (Å²) in [7, 11) is 0. The Bertz CT molecular complexity index is 782. The number of primary amides is 1. The molecular weight excluding hydrogens is 415 g/mol. The Labute approximate surface area is 170 Å². The number of benzene rings is 1. The molecule has 1 saturated heterocycles. The second kappa shape index (κ2) is 9.42. The molecule has 1 aromatic carbocycles. The van der Waals surface area contributed by atoms with Crippen molar-refractivity contribution in [3.05, 3.63) is 28.8 Å². The van der Waals surface area contributed by atoms with Crippen molar-refractivity contribution < 1.29 is 27.6 Å². The molecule has 29 heavy (non-hydrogen) atoms. The molecule has 1 fully saturated rings. The summed E-state index contributed by atoms with van der Waals surface area (Å²) in [6.07, 6.45) is -4.62. The van der Waals surface area contributed by atoms with Gasteiger partial charge in [-0.1, -0.05) is 11.6 Å². The van der Waals surface area contributed by atoms with Gasteiger partial charge in [-0.2, -0.15) is 13.2 Å². The number of alkyl halides is 3. The smallest absolute Gasteiger partial charge is 0.351 e. The third kappa shape index (κ3) is 6.58. The zero-order valence-corrected chi connectivity index (χ0v) is 16.3. The molecule has 8 nitrogen and oxygen atoms in total. The number of carbonyl (C=O) groups is 3. The van der Waals surface area contributed by atoms with Crippen LogP contribution < -0.4 is 16.4 Å². The van der Waals surface area contributed by atoms with E-state index in [-0.39, 0.29) is 12.2 Å².